The van der Waals surface area contributed by atoms with Crippen molar-refractivity contribution in [2.24, 2.45) is 0 Å². The molecule has 6 nitrogen and oxygen atoms in total. The number of sulfonamides is 1. The topological polar surface area (TPSA) is 75.7 Å². The minimum Gasteiger partial charge on any atom is -0.482 e. The van der Waals surface area contributed by atoms with Crippen LogP contribution in [0.1, 0.15) is 16.7 Å². The Bertz CT molecular complexity index is 1260. The van der Waals surface area contributed by atoms with Gasteiger partial charge >= 0.3 is 0 Å². The third-order valence-corrected chi connectivity index (χ3v) is 7.55. The van der Waals surface area contributed by atoms with Gasteiger partial charge in [-0.25, -0.2) is 8.42 Å². The molecule has 1 aliphatic rings. The molecule has 0 aliphatic carbocycles. The SMILES string of the molecule is Cc1ccccc1NC(=O)COc1ccc(S(=O)(=O)N2CCc3ccccc3C2)cc1Cl. The van der Waals surface area contributed by atoms with Crippen LogP contribution in [0, 0.1) is 6.92 Å². The summed E-state index contributed by atoms with van der Waals surface area (Å²) in [7, 11) is -3.71. The summed E-state index contributed by atoms with van der Waals surface area (Å²) in [5.41, 5.74) is 3.82. The third-order valence-electron chi connectivity index (χ3n) is 5.41. The number of para-hydroxylation sites is 1. The molecule has 0 bridgehead atoms. The Labute approximate surface area is 192 Å². The lowest BCUT2D eigenvalue weighted by atomic mass is 10.0. The summed E-state index contributed by atoms with van der Waals surface area (Å²) in [5, 5.41) is 2.91. The van der Waals surface area contributed by atoms with E-state index >= 15 is 0 Å². The van der Waals surface area contributed by atoms with Gasteiger partial charge in [-0.1, -0.05) is 54.1 Å². The Morgan fingerprint density at radius 1 is 1.06 bits per heavy atom. The van der Waals surface area contributed by atoms with Gasteiger partial charge in [-0.15, -0.1) is 0 Å². The van der Waals surface area contributed by atoms with Crippen LogP contribution in [0.15, 0.2) is 71.6 Å². The maximum absolute atomic E-state index is 13.1. The first-order valence-corrected chi connectivity index (χ1v) is 12.0. The van der Waals surface area contributed by atoms with Gasteiger partial charge in [0.2, 0.25) is 10.0 Å². The number of hydrogen-bond donors (Lipinski definition) is 1. The third kappa shape index (κ3) is 4.80. The molecule has 0 saturated heterocycles. The summed E-state index contributed by atoms with van der Waals surface area (Å²) < 4.78 is 33.2. The predicted octanol–water partition coefficient (Wildman–Crippen LogP) is 4.41. The summed E-state index contributed by atoms with van der Waals surface area (Å²) >= 11 is 6.28. The Morgan fingerprint density at radius 3 is 2.53 bits per heavy atom. The number of anilines is 1. The van der Waals surface area contributed by atoms with Crippen molar-refractivity contribution >= 4 is 33.2 Å². The van der Waals surface area contributed by atoms with Gasteiger partial charge in [0.25, 0.3) is 5.91 Å². The van der Waals surface area contributed by atoms with Crippen LogP contribution in [0.3, 0.4) is 0 Å². The first-order chi connectivity index (χ1) is 15.3. The molecule has 32 heavy (non-hydrogen) atoms. The van der Waals surface area contributed by atoms with E-state index in [1.165, 1.54) is 28.1 Å². The van der Waals surface area contributed by atoms with Crippen LogP contribution >= 0.6 is 11.6 Å². The first kappa shape index (κ1) is 22.3. The van der Waals surface area contributed by atoms with E-state index in [1.54, 1.807) is 6.07 Å². The maximum Gasteiger partial charge on any atom is 0.262 e. The van der Waals surface area contributed by atoms with Gasteiger partial charge in [0, 0.05) is 18.8 Å². The van der Waals surface area contributed by atoms with Crippen molar-refractivity contribution in [3.8, 4) is 5.75 Å². The monoisotopic (exact) mass is 470 g/mol. The number of rotatable bonds is 6. The average molecular weight is 471 g/mol. The van der Waals surface area contributed by atoms with E-state index in [0.717, 1.165) is 11.1 Å². The smallest absolute Gasteiger partial charge is 0.262 e. The van der Waals surface area contributed by atoms with E-state index in [9.17, 15) is 13.2 Å². The lowest BCUT2D eigenvalue weighted by Gasteiger charge is -2.28. The van der Waals surface area contributed by atoms with Crippen LogP contribution in [0.4, 0.5) is 5.69 Å². The van der Waals surface area contributed by atoms with Crippen molar-refractivity contribution in [1.29, 1.82) is 0 Å². The summed E-state index contributed by atoms with van der Waals surface area (Å²) in [6.07, 6.45) is 0.667. The summed E-state index contributed by atoms with van der Waals surface area (Å²) in [6, 6.07) is 19.6. The molecule has 0 atom stereocenters. The highest BCUT2D eigenvalue weighted by Crippen LogP contribution is 2.31. The van der Waals surface area contributed by atoms with Crippen LogP contribution in [0.5, 0.6) is 5.75 Å². The molecule has 0 unspecified atom stereocenters. The van der Waals surface area contributed by atoms with E-state index in [0.29, 0.717) is 25.2 Å². The van der Waals surface area contributed by atoms with E-state index in [4.69, 9.17) is 16.3 Å². The van der Waals surface area contributed by atoms with E-state index < -0.39 is 10.0 Å². The molecule has 0 radical (unpaired) electrons. The Balaban J connectivity index is 1.43. The zero-order valence-electron chi connectivity index (χ0n) is 17.5. The van der Waals surface area contributed by atoms with Gasteiger partial charge in [0.05, 0.1) is 9.92 Å². The zero-order chi connectivity index (χ0) is 22.7. The van der Waals surface area contributed by atoms with E-state index in [-0.39, 0.29) is 28.2 Å². The minimum atomic E-state index is -3.71. The van der Waals surface area contributed by atoms with Gasteiger partial charge in [-0.05, 0) is 54.3 Å². The molecule has 0 spiro atoms. The molecule has 1 N–H and O–H groups in total. The lowest BCUT2D eigenvalue weighted by Crippen LogP contribution is -2.35. The maximum atomic E-state index is 13.1. The second kappa shape index (κ2) is 9.32. The number of ether oxygens (including phenoxy) is 1. The number of nitrogens with one attached hydrogen (secondary N) is 1. The van der Waals surface area contributed by atoms with Gasteiger partial charge < -0.3 is 10.1 Å². The molecule has 0 saturated carbocycles. The molecular formula is C24H23ClN2O4S. The molecule has 1 amide bonds. The molecule has 4 rings (SSSR count). The molecule has 0 fully saturated rings. The lowest BCUT2D eigenvalue weighted by molar-refractivity contribution is -0.118. The minimum absolute atomic E-state index is 0.0959. The van der Waals surface area contributed by atoms with E-state index in [1.807, 2.05) is 49.4 Å². The highest BCUT2D eigenvalue weighted by atomic mass is 35.5. The summed E-state index contributed by atoms with van der Waals surface area (Å²) in [5.74, 6) is -0.0893. The van der Waals surface area contributed by atoms with Crippen LogP contribution in [0.2, 0.25) is 5.02 Å². The highest BCUT2D eigenvalue weighted by molar-refractivity contribution is 7.89. The van der Waals surface area contributed by atoms with Crippen molar-refractivity contribution in [3.63, 3.8) is 0 Å². The van der Waals surface area contributed by atoms with Crippen molar-refractivity contribution < 1.29 is 17.9 Å². The molecule has 3 aromatic carbocycles. The number of benzene rings is 3. The average Bonchev–Trinajstić information content (AvgIpc) is 2.79. The Morgan fingerprint density at radius 2 is 1.78 bits per heavy atom. The molecule has 1 aliphatic heterocycles. The largest absolute Gasteiger partial charge is 0.482 e. The van der Waals surface area contributed by atoms with Crippen molar-refractivity contribution in [2.45, 2.75) is 24.8 Å². The number of hydrogen-bond acceptors (Lipinski definition) is 4. The van der Waals surface area contributed by atoms with E-state index in [2.05, 4.69) is 5.32 Å². The van der Waals surface area contributed by atoms with Gasteiger partial charge in [0.15, 0.2) is 6.61 Å². The van der Waals surface area contributed by atoms with Crippen molar-refractivity contribution in [3.05, 3.63) is 88.4 Å². The second-order valence-corrected chi connectivity index (χ2v) is 9.95. The van der Waals surface area contributed by atoms with Crippen LogP contribution in [-0.2, 0) is 27.8 Å². The fourth-order valence-electron chi connectivity index (χ4n) is 3.63. The number of halogens is 1. The van der Waals surface area contributed by atoms with Gasteiger partial charge in [0.1, 0.15) is 5.75 Å². The zero-order valence-corrected chi connectivity index (χ0v) is 19.1. The molecule has 3 aromatic rings. The molecule has 166 valence electrons. The second-order valence-electron chi connectivity index (χ2n) is 7.60. The molecule has 0 aromatic heterocycles. The van der Waals surface area contributed by atoms with Gasteiger partial charge in [-0.3, -0.25) is 4.79 Å². The highest BCUT2D eigenvalue weighted by Gasteiger charge is 2.28. The van der Waals surface area contributed by atoms with Gasteiger partial charge in [-0.2, -0.15) is 4.31 Å². The van der Waals surface area contributed by atoms with Crippen LogP contribution in [-0.4, -0.2) is 31.8 Å². The Kier molecular flexibility index (Phi) is 6.50. The quantitative estimate of drug-likeness (QED) is 0.579. The first-order valence-electron chi connectivity index (χ1n) is 10.2. The normalized spacial score (nSPS) is 13.9. The molecule has 8 heteroatoms. The molecular weight excluding hydrogens is 448 g/mol. The van der Waals surface area contributed by atoms with Crippen molar-refractivity contribution in [2.75, 3.05) is 18.5 Å². The number of aryl methyl sites for hydroxylation is 1. The number of carbonyl (C=O) groups excluding carboxylic acids is 1. The van der Waals surface area contributed by atoms with Crippen molar-refractivity contribution in [1.82, 2.24) is 4.31 Å². The van der Waals surface area contributed by atoms with Crippen LogP contribution in [0.25, 0.3) is 0 Å². The number of carbonyl (C=O) groups is 1. The molecule has 1 heterocycles. The summed E-state index contributed by atoms with van der Waals surface area (Å²) in [4.78, 5) is 12.3. The standard InChI is InChI=1S/C24H23ClN2O4S/c1-17-6-2-5-9-22(17)26-24(28)16-31-23-11-10-20(14-21(23)25)32(29,30)27-13-12-18-7-3-4-8-19(18)15-27/h2-11,14H,12-13,15-16H2,1H3,(H,26,28). The summed E-state index contributed by atoms with van der Waals surface area (Å²) in [6.45, 7) is 2.39. The fraction of sp³-hybridized carbons (Fsp3) is 0.208. The number of fused-ring (bicyclic) bond motifs is 1. The fourth-order valence-corrected chi connectivity index (χ4v) is 5.37. The Hall–Kier alpha value is -2.87. The van der Waals surface area contributed by atoms with Crippen LogP contribution < -0.4 is 10.1 Å². The number of nitrogens with zero attached hydrogens (tertiary/aromatic N) is 1. The predicted molar refractivity (Wildman–Crippen MR) is 124 cm³/mol. The number of amides is 1.